The molecular formula is C14H17N3O2. The van der Waals surface area contributed by atoms with Gasteiger partial charge in [0.15, 0.2) is 0 Å². The van der Waals surface area contributed by atoms with Gasteiger partial charge in [-0.2, -0.15) is 5.26 Å². The summed E-state index contributed by atoms with van der Waals surface area (Å²) in [6, 6.07) is 7.99. The number of hydrogen-bond donors (Lipinski definition) is 3. The van der Waals surface area contributed by atoms with E-state index in [4.69, 9.17) is 5.26 Å². The van der Waals surface area contributed by atoms with E-state index in [1.807, 2.05) is 19.9 Å². The van der Waals surface area contributed by atoms with Crippen molar-refractivity contribution < 1.29 is 9.90 Å². The summed E-state index contributed by atoms with van der Waals surface area (Å²) in [6.07, 6.45) is 1.40. The fraction of sp³-hybridized carbons (Fsp3) is 0.286. The molecule has 5 nitrogen and oxygen atoms in total. The van der Waals surface area contributed by atoms with Gasteiger partial charge in [-0.1, -0.05) is 19.9 Å². The Kier molecular flexibility index (Phi) is 5.42. The molecule has 1 amide bonds. The first kappa shape index (κ1) is 14.6. The molecule has 3 N–H and O–H groups in total. The Bertz CT molecular complexity index is 516. The van der Waals surface area contributed by atoms with Gasteiger partial charge in [-0.05, 0) is 18.1 Å². The lowest BCUT2D eigenvalue weighted by Gasteiger charge is -2.06. The van der Waals surface area contributed by atoms with Gasteiger partial charge in [0.1, 0.15) is 17.4 Å². The molecule has 0 aliphatic carbocycles. The van der Waals surface area contributed by atoms with Crippen LogP contribution in [-0.4, -0.2) is 17.6 Å². The highest BCUT2D eigenvalue weighted by Gasteiger charge is 2.09. The van der Waals surface area contributed by atoms with Crippen molar-refractivity contribution in [2.24, 2.45) is 5.92 Å². The first-order valence-corrected chi connectivity index (χ1v) is 5.97. The topological polar surface area (TPSA) is 85.2 Å². The van der Waals surface area contributed by atoms with Crippen molar-refractivity contribution in [3.63, 3.8) is 0 Å². The third-order valence-electron chi connectivity index (χ3n) is 2.24. The molecule has 0 saturated heterocycles. The van der Waals surface area contributed by atoms with Crippen molar-refractivity contribution >= 4 is 11.6 Å². The first-order chi connectivity index (χ1) is 9.02. The molecule has 1 aromatic carbocycles. The highest BCUT2D eigenvalue weighted by molar-refractivity contribution is 6.06. The number of benzene rings is 1. The molecule has 0 atom stereocenters. The number of nitrogens with one attached hydrogen (secondary N) is 2. The second-order valence-corrected chi connectivity index (χ2v) is 4.48. The summed E-state index contributed by atoms with van der Waals surface area (Å²) in [5.41, 5.74) is 0.430. The van der Waals surface area contributed by atoms with Crippen molar-refractivity contribution in [1.29, 1.82) is 5.26 Å². The lowest BCUT2D eigenvalue weighted by atomic mass is 10.2. The minimum atomic E-state index is -0.510. The zero-order valence-electron chi connectivity index (χ0n) is 11.0. The zero-order chi connectivity index (χ0) is 14.3. The minimum Gasteiger partial charge on any atom is -0.508 e. The van der Waals surface area contributed by atoms with Crippen LogP contribution in [0.2, 0.25) is 0 Å². The summed E-state index contributed by atoms with van der Waals surface area (Å²) in [7, 11) is 0. The normalized spacial score (nSPS) is 10.9. The maximum atomic E-state index is 11.8. The second-order valence-electron chi connectivity index (χ2n) is 4.48. The van der Waals surface area contributed by atoms with E-state index >= 15 is 0 Å². The van der Waals surface area contributed by atoms with Crippen LogP contribution in [0.15, 0.2) is 36.0 Å². The predicted molar refractivity (Wildman–Crippen MR) is 73.3 cm³/mol. The fourth-order valence-corrected chi connectivity index (χ4v) is 1.33. The van der Waals surface area contributed by atoms with Crippen molar-refractivity contribution in [2.45, 2.75) is 13.8 Å². The second kappa shape index (κ2) is 7.07. The average Bonchev–Trinajstić information content (AvgIpc) is 2.34. The Balaban J connectivity index is 2.67. The van der Waals surface area contributed by atoms with Gasteiger partial charge in [-0.25, -0.2) is 0 Å². The maximum absolute atomic E-state index is 11.8. The Labute approximate surface area is 112 Å². The molecule has 1 rings (SSSR count). The van der Waals surface area contributed by atoms with Gasteiger partial charge in [0.25, 0.3) is 5.91 Å². The number of aromatic hydroxyl groups is 1. The highest BCUT2D eigenvalue weighted by Crippen LogP contribution is 2.15. The SMILES string of the molecule is CC(C)CN/C=C(/C#N)C(=O)Nc1cccc(O)c1. The van der Waals surface area contributed by atoms with Crippen LogP contribution >= 0.6 is 0 Å². The van der Waals surface area contributed by atoms with Crippen LogP contribution in [0, 0.1) is 17.2 Å². The van der Waals surface area contributed by atoms with Crippen LogP contribution in [0.5, 0.6) is 5.75 Å². The molecule has 19 heavy (non-hydrogen) atoms. The predicted octanol–water partition coefficient (Wildman–Crippen LogP) is 1.98. The van der Waals surface area contributed by atoms with Crippen LogP contribution in [-0.2, 0) is 4.79 Å². The van der Waals surface area contributed by atoms with Gasteiger partial charge >= 0.3 is 0 Å². The zero-order valence-corrected chi connectivity index (χ0v) is 11.0. The summed E-state index contributed by atoms with van der Waals surface area (Å²) in [5.74, 6) is -0.0344. The molecule has 0 aliphatic heterocycles. The Hall–Kier alpha value is -2.48. The highest BCUT2D eigenvalue weighted by atomic mass is 16.3. The van der Waals surface area contributed by atoms with Crippen molar-refractivity contribution in [1.82, 2.24) is 5.32 Å². The van der Waals surface area contributed by atoms with Crippen LogP contribution < -0.4 is 10.6 Å². The lowest BCUT2D eigenvalue weighted by Crippen LogP contribution is -2.19. The smallest absolute Gasteiger partial charge is 0.267 e. The molecule has 1 aromatic rings. The minimum absolute atomic E-state index is 0.0102. The Morgan fingerprint density at radius 2 is 2.26 bits per heavy atom. The van der Waals surface area contributed by atoms with Crippen LogP contribution in [0.3, 0.4) is 0 Å². The number of anilines is 1. The van der Waals surface area contributed by atoms with E-state index in [0.29, 0.717) is 18.2 Å². The molecule has 100 valence electrons. The summed E-state index contributed by atoms with van der Waals surface area (Å²) in [6.45, 7) is 4.74. The molecule has 0 fully saturated rings. The Morgan fingerprint density at radius 3 is 2.84 bits per heavy atom. The number of carbonyl (C=O) groups excluding carboxylic acids is 1. The summed E-state index contributed by atoms with van der Waals surface area (Å²) in [4.78, 5) is 11.8. The van der Waals surface area contributed by atoms with E-state index in [2.05, 4.69) is 10.6 Å². The van der Waals surface area contributed by atoms with Crippen molar-refractivity contribution in [3.05, 3.63) is 36.0 Å². The van der Waals surface area contributed by atoms with E-state index < -0.39 is 5.91 Å². The number of hydrogen-bond acceptors (Lipinski definition) is 4. The summed E-state index contributed by atoms with van der Waals surface area (Å²) < 4.78 is 0. The third kappa shape index (κ3) is 5.13. The number of phenolic OH excluding ortho intramolecular Hbond substituents is 1. The fourth-order valence-electron chi connectivity index (χ4n) is 1.33. The molecule has 0 radical (unpaired) electrons. The van der Waals surface area contributed by atoms with E-state index in [0.717, 1.165) is 0 Å². The van der Waals surface area contributed by atoms with Gasteiger partial charge in [-0.15, -0.1) is 0 Å². The summed E-state index contributed by atoms with van der Waals surface area (Å²) >= 11 is 0. The molecule has 0 aliphatic rings. The third-order valence-corrected chi connectivity index (χ3v) is 2.24. The van der Waals surface area contributed by atoms with Gasteiger partial charge in [0, 0.05) is 24.5 Å². The largest absolute Gasteiger partial charge is 0.508 e. The lowest BCUT2D eigenvalue weighted by molar-refractivity contribution is -0.112. The quantitative estimate of drug-likeness (QED) is 0.557. The van der Waals surface area contributed by atoms with Gasteiger partial charge in [0.05, 0.1) is 0 Å². The molecule has 0 saturated carbocycles. The van der Waals surface area contributed by atoms with Crippen LogP contribution in [0.4, 0.5) is 5.69 Å². The number of nitrogens with zero attached hydrogens (tertiary/aromatic N) is 1. The molecule has 0 heterocycles. The van der Waals surface area contributed by atoms with Gasteiger partial charge in [0.2, 0.25) is 0 Å². The summed E-state index contributed by atoms with van der Waals surface area (Å²) in [5, 5.41) is 23.7. The molecule has 5 heteroatoms. The molecular weight excluding hydrogens is 242 g/mol. The van der Waals surface area contributed by atoms with Crippen LogP contribution in [0.1, 0.15) is 13.8 Å². The number of amides is 1. The standard InChI is InChI=1S/C14H17N3O2/c1-10(2)8-16-9-11(7-15)14(19)17-12-4-3-5-13(18)6-12/h3-6,9-10,16,18H,8H2,1-2H3,(H,17,19)/b11-9-. The van der Waals surface area contributed by atoms with Crippen molar-refractivity contribution in [2.75, 3.05) is 11.9 Å². The Morgan fingerprint density at radius 1 is 1.53 bits per heavy atom. The number of rotatable bonds is 5. The van der Waals surface area contributed by atoms with Gasteiger partial charge in [-0.3, -0.25) is 4.79 Å². The number of nitriles is 1. The van der Waals surface area contributed by atoms with E-state index in [1.54, 1.807) is 12.1 Å². The average molecular weight is 259 g/mol. The maximum Gasteiger partial charge on any atom is 0.267 e. The van der Waals surface area contributed by atoms with E-state index in [9.17, 15) is 9.90 Å². The number of phenols is 1. The monoisotopic (exact) mass is 259 g/mol. The van der Waals surface area contributed by atoms with Crippen molar-refractivity contribution in [3.8, 4) is 11.8 Å². The van der Waals surface area contributed by atoms with Crippen LogP contribution in [0.25, 0.3) is 0 Å². The molecule has 0 unspecified atom stereocenters. The van der Waals surface area contributed by atoms with E-state index in [1.165, 1.54) is 18.3 Å². The molecule has 0 bridgehead atoms. The molecule has 0 spiro atoms. The first-order valence-electron chi connectivity index (χ1n) is 5.97. The number of carbonyl (C=O) groups is 1. The molecule has 0 aromatic heterocycles. The van der Waals surface area contributed by atoms with E-state index in [-0.39, 0.29) is 11.3 Å². The van der Waals surface area contributed by atoms with Gasteiger partial charge < -0.3 is 15.7 Å².